The van der Waals surface area contributed by atoms with Gasteiger partial charge >= 0.3 is 0 Å². The van der Waals surface area contributed by atoms with Crippen molar-refractivity contribution in [2.75, 3.05) is 4.90 Å². The van der Waals surface area contributed by atoms with Gasteiger partial charge in [-0.05, 0) is 216 Å². The van der Waals surface area contributed by atoms with Crippen LogP contribution >= 0.6 is 0 Å². The summed E-state index contributed by atoms with van der Waals surface area (Å²) in [4.78, 5) is 2.67. The van der Waals surface area contributed by atoms with Crippen LogP contribution in [0, 0.1) is 0 Å². The Balaban J connectivity index is 1.07. The van der Waals surface area contributed by atoms with Gasteiger partial charge < -0.3 is 14.2 Å². The lowest BCUT2D eigenvalue weighted by molar-refractivity contribution is 0.483. The van der Waals surface area contributed by atoms with Gasteiger partial charge in [0.15, 0.2) is 0 Å². The Kier molecular flexibility index (Phi) is 13.1. The summed E-state index contributed by atoms with van der Waals surface area (Å²) in [6.07, 6.45) is 0. The Morgan fingerprint density at radius 1 is 0.315 bits per heavy atom. The zero-order valence-electron chi connectivity index (χ0n) is 57.4. The zero-order valence-corrected chi connectivity index (χ0v) is 57.4. The molecule has 0 aliphatic carbocycles. The first-order chi connectivity index (χ1) is 43.4. The highest BCUT2D eigenvalue weighted by Gasteiger charge is 2.45. The van der Waals surface area contributed by atoms with Gasteiger partial charge in [-0.1, -0.05) is 246 Å². The molecule has 0 atom stereocenters. The fourth-order valence-electron chi connectivity index (χ4n) is 15.0. The summed E-state index contributed by atoms with van der Waals surface area (Å²) in [5.41, 5.74) is 24.9. The van der Waals surface area contributed by atoms with Crippen molar-refractivity contribution in [3.05, 3.63) is 234 Å². The maximum atomic E-state index is 7.57. The molecule has 0 saturated carbocycles. The third-order valence-corrected chi connectivity index (χ3v) is 20.4. The Bertz CT molecular complexity index is 5040. The van der Waals surface area contributed by atoms with E-state index in [0.29, 0.717) is 0 Å². The number of anilines is 3. The first kappa shape index (κ1) is 59.5. The van der Waals surface area contributed by atoms with Crippen molar-refractivity contribution in [3.8, 4) is 50.6 Å². The summed E-state index contributed by atoms with van der Waals surface area (Å²) in [5, 5.41) is 10.4. The average molecular weight is 1200 g/mol. The van der Waals surface area contributed by atoms with E-state index in [1.54, 1.807) is 0 Å². The van der Waals surface area contributed by atoms with Gasteiger partial charge in [-0.25, -0.2) is 0 Å². The van der Waals surface area contributed by atoms with Gasteiger partial charge in [-0.3, -0.25) is 0 Å². The third-order valence-electron chi connectivity index (χ3n) is 20.4. The molecule has 2 aliphatic heterocycles. The molecule has 3 nitrogen and oxygen atoms in total. The molecule has 3 heterocycles. The van der Waals surface area contributed by atoms with E-state index in [4.69, 9.17) is 4.74 Å². The standard InChI is InChI=1S/C88H87BN2O/c1-83(2,3)58-32-36-73-68(44-58)69-45-59(84(4,5)6)33-37-74(69)90(73)64-34-35-71-75(51-64)91(82-66(52-25-21-19-22-26-52)46-62(87(13,14)15)47-67(82)53-27-23-20-24-28-53)76-49-63(88(16,17)18)50-78-81(76)89(71)72-43-54(31-38-77(72)92-78)65-42-57-41-60(85(7,8)9)39-55-29-30-56-40-61(86(10,11)12)48-70(65)80(56)79(55)57/h19-51H,1-18H3. The third kappa shape index (κ3) is 9.67. The van der Waals surface area contributed by atoms with E-state index in [9.17, 15) is 0 Å². The van der Waals surface area contributed by atoms with Gasteiger partial charge in [-0.15, -0.1) is 0 Å². The van der Waals surface area contributed by atoms with E-state index in [0.717, 1.165) is 34.2 Å². The van der Waals surface area contributed by atoms with Crippen LogP contribution in [0.25, 0.3) is 93.2 Å². The molecule has 92 heavy (non-hydrogen) atoms. The van der Waals surface area contributed by atoms with Crippen LogP contribution in [0.4, 0.5) is 17.1 Å². The average Bonchev–Trinajstić information content (AvgIpc) is 0.728. The number of rotatable bonds is 5. The fraction of sp³-hybridized carbons (Fsp3) is 0.273. The number of fused-ring (bicyclic) bond motifs is 7. The van der Waals surface area contributed by atoms with Crippen molar-refractivity contribution in [2.24, 2.45) is 0 Å². The minimum atomic E-state index is -0.226. The SMILES string of the molecule is CC(C)(C)c1cc(-c2ccccc2)c(N2c3cc(-n4c5ccc(C(C)(C)C)cc5c5cc(C(C)(C)C)ccc54)ccc3B3c4cc(-c5cc6cc(C(C)(C)C)cc7ccc8cc(C(C)(C)C)cc5c8c76)ccc4Oc4cc(C(C)(C)C)cc2c43)c(-c2ccccc2)c1. The molecule has 1 aromatic heterocycles. The molecule has 0 N–H and O–H groups in total. The molecule has 458 valence electrons. The lowest BCUT2D eigenvalue weighted by Gasteiger charge is -2.43. The lowest BCUT2D eigenvalue weighted by Crippen LogP contribution is -2.59. The van der Waals surface area contributed by atoms with Crippen molar-refractivity contribution in [1.29, 1.82) is 0 Å². The molecular weight excluding hydrogens is 1110 g/mol. The van der Waals surface area contributed by atoms with Crippen LogP contribution in [0.15, 0.2) is 200 Å². The predicted octanol–water partition coefficient (Wildman–Crippen LogP) is 22.9. The van der Waals surface area contributed by atoms with Crippen LogP contribution < -0.4 is 26.0 Å². The molecule has 12 aromatic carbocycles. The number of benzene rings is 12. The molecule has 15 rings (SSSR count). The topological polar surface area (TPSA) is 17.4 Å². The van der Waals surface area contributed by atoms with E-state index in [2.05, 4.69) is 334 Å². The maximum Gasteiger partial charge on any atom is 0.256 e. The van der Waals surface area contributed by atoms with Gasteiger partial charge in [0.2, 0.25) is 0 Å². The van der Waals surface area contributed by atoms with Crippen LogP contribution in [-0.2, 0) is 32.5 Å². The molecule has 0 saturated heterocycles. The second-order valence-electron chi connectivity index (χ2n) is 33.1. The molecule has 0 bridgehead atoms. The number of hydrogen-bond acceptors (Lipinski definition) is 2. The molecule has 2 aliphatic rings. The van der Waals surface area contributed by atoms with Gasteiger partial charge in [0.05, 0.1) is 16.7 Å². The van der Waals surface area contributed by atoms with Crippen LogP contribution in [0.1, 0.15) is 158 Å². The Morgan fingerprint density at radius 3 is 1.35 bits per heavy atom. The van der Waals surface area contributed by atoms with Crippen LogP contribution in [0.3, 0.4) is 0 Å². The van der Waals surface area contributed by atoms with Crippen molar-refractivity contribution in [2.45, 2.75) is 157 Å². The summed E-state index contributed by atoms with van der Waals surface area (Å²) in [5.74, 6) is 1.80. The molecule has 0 radical (unpaired) electrons. The monoisotopic (exact) mass is 1200 g/mol. The normalized spacial score (nSPS) is 13.8. The number of ether oxygens (including phenoxy) is 1. The fourth-order valence-corrected chi connectivity index (χ4v) is 15.0. The Morgan fingerprint density at radius 2 is 0.804 bits per heavy atom. The van der Waals surface area contributed by atoms with Crippen LogP contribution in [0.5, 0.6) is 11.5 Å². The summed E-state index contributed by atoms with van der Waals surface area (Å²) < 4.78 is 10.1. The molecule has 0 fully saturated rings. The molecule has 0 amide bonds. The summed E-state index contributed by atoms with van der Waals surface area (Å²) >= 11 is 0. The van der Waals surface area contributed by atoms with Gasteiger partial charge in [0, 0.05) is 39.0 Å². The molecule has 0 spiro atoms. The van der Waals surface area contributed by atoms with Gasteiger partial charge in [0.25, 0.3) is 6.71 Å². The summed E-state index contributed by atoms with van der Waals surface area (Å²) in [6, 6.07) is 78.2. The maximum absolute atomic E-state index is 7.57. The Labute approximate surface area is 546 Å². The van der Waals surface area contributed by atoms with Crippen LogP contribution in [-0.4, -0.2) is 11.3 Å². The van der Waals surface area contributed by atoms with E-state index < -0.39 is 0 Å². The lowest BCUT2D eigenvalue weighted by atomic mass is 9.34. The summed E-state index contributed by atoms with van der Waals surface area (Å²) in [7, 11) is 0. The van der Waals surface area contributed by atoms with Crippen molar-refractivity contribution < 1.29 is 4.74 Å². The smallest absolute Gasteiger partial charge is 0.256 e. The molecular formula is C88H87BN2O. The predicted molar refractivity (Wildman–Crippen MR) is 399 cm³/mol. The highest BCUT2D eigenvalue weighted by molar-refractivity contribution is 6.99. The van der Waals surface area contributed by atoms with Crippen molar-refractivity contribution in [3.63, 3.8) is 0 Å². The van der Waals surface area contributed by atoms with Crippen molar-refractivity contribution in [1.82, 2.24) is 4.57 Å². The van der Waals surface area contributed by atoms with Gasteiger partial charge in [-0.2, -0.15) is 0 Å². The zero-order chi connectivity index (χ0) is 64.7. The van der Waals surface area contributed by atoms with E-state index in [-0.39, 0.29) is 39.2 Å². The second kappa shape index (κ2) is 20.3. The first-order valence-electron chi connectivity index (χ1n) is 33.5. The number of nitrogens with zero attached hydrogens (tertiary/aromatic N) is 2. The molecule has 13 aromatic rings. The highest BCUT2D eigenvalue weighted by Crippen LogP contribution is 2.53. The largest absolute Gasteiger partial charge is 0.458 e. The minimum absolute atomic E-state index is 0.0290. The molecule has 0 unspecified atom stereocenters. The van der Waals surface area contributed by atoms with E-state index in [1.807, 2.05) is 0 Å². The minimum Gasteiger partial charge on any atom is -0.458 e. The van der Waals surface area contributed by atoms with Gasteiger partial charge in [0.1, 0.15) is 11.5 Å². The van der Waals surface area contributed by atoms with E-state index >= 15 is 0 Å². The summed E-state index contributed by atoms with van der Waals surface area (Å²) in [6.45, 7) is 41.9. The number of hydrogen-bond donors (Lipinski definition) is 0. The first-order valence-corrected chi connectivity index (χ1v) is 33.5. The highest BCUT2D eigenvalue weighted by atomic mass is 16.5. The van der Waals surface area contributed by atoms with E-state index in [1.165, 1.54) is 137 Å². The molecule has 4 heteroatoms. The number of aromatic nitrogens is 1. The quantitative estimate of drug-likeness (QED) is 0.126. The van der Waals surface area contributed by atoms with Crippen molar-refractivity contribution >= 4 is 94.3 Å². The van der Waals surface area contributed by atoms with Crippen LogP contribution in [0.2, 0.25) is 0 Å². The second-order valence-corrected chi connectivity index (χ2v) is 33.1. The Hall–Kier alpha value is -8.86.